The van der Waals surface area contributed by atoms with Crippen molar-refractivity contribution in [2.45, 2.75) is 46.7 Å². The number of rotatable bonds is 8. The van der Waals surface area contributed by atoms with E-state index < -0.39 is 0 Å². The summed E-state index contributed by atoms with van der Waals surface area (Å²) in [6, 6.07) is 6.27. The van der Waals surface area contributed by atoms with Crippen LogP contribution in [0, 0.1) is 13.8 Å². The van der Waals surface area contributed by atoms with Crippen molar-refractivity contribution >= 4 is 41.0 Å². The quantitative estimate of drug-likeness (QED) is 0.569. The molecule has 0 bridgehead atoms. The minimum absolute atomic E-state index is 0.171. The SMILES string of the molecule is CCCCn1nc(C)c(C=CC(=O)Nc2ccc(CN3CCSCC3)cc2C)c1Cl. The zero-order chi connectivity index (χ0) is 21.5. The van der Waals surface area contributed by atoms with Crippen LogP contribution in [0.25, 0.3) is 6.08 Å². The number of anilines is 1. The van der Waals surface area contributed by atoms with Gasteiger partial charge >= 0.3 is 0 Å². The molecule has 1 amide bonds. The molecule has 1 N–H and O–H groups in total. The second-order valence-electron chi connectivity index (χ2n) is 7.73. The van der Waals surface area contributed by atoms with Gasteiger partial charge in [-0.2, -0.15) is 16.9 Å². The zero-order valence-electron chi connectivity index (χ0n) is 18.1. The number of nitrogens with zero attached hydrogens (tertiary/aromatic N) is 3. The molecule has 0 radical (unpaired) electrons. The zero-order valence-corrected chi connectivity index (χ0v) is 19.7. The van der Waals surface area contributed by atoms with E-state index in [0.29, 0.717) is 5.15 Å². The number of benzene rings is 1. The van der Waals surface area contributed by atoms with E-state index in [0.717, 1.165) is 61.5 Å². The Bertz CT molecular complexity index is 903. The molecule has 1 saturated heterocycles. The third kappa shape index (κ3) is 6.13. The summed E-state index contributed by atoms with van der Waals surface area (Å²) in [7, 11) is 0. The Morgan fingerprint density at radius 1 is 1.30 bits per heavy atom. The van der Waals surface area contributed by atoms with Crippen LogP contribution < -0.4 is 5.32 Å². The van der Waals surface area contributed by atoms with Crippen LogP contribution in [0.4, 0.5) is 5.69 Å². The van der Waals surface area contributed by atoms with Gasteiger partial charge in [-0.15, -0.1) is 0 Å². The maximum Gasteiger partial charge on any atom is 0.248 e. The number of unbranched alkanes of at least 4 members (excludes halogenated alkanes) is 1. The minimum atomic E-state index is -0.171. The molecule has 0 atom stereocenters. The van der Waals surface area contributed by atoms with Gasteiger partial charge in [0.1, 0.15) is 5.15 Å². The average Bonchev–Trinajstić information content (AvgIpc) is 3.00. The molecule has 1 aliphatic rings. The smallest absolute Gasteiger partial charge is 0.248 e. The number of aryl methyl sites for hydroxylation is 3. The molecule has 0 aliphatic carbocycles. The van der Waals surface area contributed by atoms with Crippen molar-refractivity contribution in [3.63, 3.8) is 0 Å². The molecule has 1 fully saturated rings. The van der Waals surface area contributed by atoms with E-state index in [1.54, 1.807) is 6.08 Å². The topological polar surface area (TPSA) is 50.2 Å². The highest BCUT2D eigenvalue weighted by Gasteiger charge is 2.13. The normalized spacial score (nSPS) is 15.1. The van der Waals surface area contributed by atoms with Gasteiger partial charge in [0.25, 0.3) is 0 Å². The second-order valence-corrected chi connectivity index (χ2v) is 9.31. The van der Waals surface area contributed by atoms with Crippen LogP contribution in [0.5, 0.6) is 0 Å². The molecule has 2 aromatic rings. The van der Waals surface area contributed by atoms with E-state index in [1.165, 1.54) is 23.1 Å². The number of thioether (sulfide) groups is 1. The third-order valence-electron chi connectivity index (χ3n) is 5.29. The Hall–Kier alpha value is -1.76. The summed E-state index contributed by atoms with van der Waals surface area (Å²) >= 11 is 8.47. The number of amides is 1. The Morgan fingerprint density at radius 3 is 2.77 bits per heavy atom. The fraction of sp³-hybridized carbons (Fsp3) is 0.478. The summed E-state index contributed by atoms with van der Waals surface area (Å²) in [6.07, 6.45) is 5.38. The maximum absolute atomic E-state index is 12.5. The van der Waals surface area contributed by atoms with Crippen molar-refractivity contribution in [3.05, 3.63) is 51.8 Å². The van der Waals surface area contributed by atoms with Gasteiger partial charge in [-0.25, -0.2) is 0 Å². The number of carbonyl (C=O) groups is 1. The predicted octanol–water partition coefficient (Wildman–Crippen LogP) is 5.15. The molecule has 30 heavy (non-hydrogen) atoms. The molecule has 0 unspecified atom stereocenters. The molecule has 1 aliphatic heterocycles. The predicted molar refractivity (Wildman–Crippen MR) is 128 cm³/mol. The lowest BCUT2D eigenvalue weighted by molar-refractivity contribution is -0.111. The highest BCUT2D eigenvalue weighted by Crippen LogP contribution is 2.23. The Morgan fingerprint density at radius 2 is 2.07 bits per heavy atom. The number of hydrogen-bond donors (Lipinski definition) is 1. The van der Waals surface area contributed by atoms with Gasteiger partial charge < -0.3 is 5.32 Å². The lowest BCUT2D eigenvalue weighted by Gasteiger charge is -2.26. The summed E-state index contributed by atoms with van der Waals surface area (Å²) in [6.45, 7) is 10.1. The molecule has 7 heteroatoms. The molecular weight excluding hydrogens is 416 g/mol. The number of hydrogen-bond acceptors (Lipinski definition) is 4. The van der Waals surface area contributed by atoms with Gasteiger partial charge in [0.2, 0.25) is 5.91 Å². The van der Waals surface area contributed by atoms with Gasteiger partial charge in [0.15, 0.2) is 0 Å². The van der Waals surface area contributed by atoms with E-state index in [4.69, 9.17) is 11.6 Å². The molecule has 1 aromatic heterocycles. The van der Waals surface area contributed by atoms with Crippen molar-refractivity contribution in [1.29, 1.82) is 0 Å². The molecule has 1 aromatic carbocycles. The van der Waals surface area contributed by atoms with E-state index >= 15 is 0 Å². The molecule has 3 rings (SSSR count). The number of carbonyl (C=O) groups excluding carboxylic acids is 1. The van der Waals surface area contributed by atoms with Crippen LogP contribution in [0.1, 0.15) is 42.1 Å². The van der Waals surface area contributed by atoms with Crippen molar-refractivity contribution in [2.75, 3.05) is 29.9 Å². The fourth-order valence-electron chi connectivity index (χ4n) is 3.53. The van der Waals surface area contributed by atoms with E-state index in [1.807, 2.05) is 36.4 Å². The molecule has 162 valence electrons. The largest absolute Gasteiger partial charge is 0.322 e. The Balaban J connectivity index is 1.61. The van der Waals surface area contributed by atoms with Crippen LogP contribution in [0.2, 0.25) is 5.15 Å². The lowest BCUT2D eigenvalue weighted by atomic mass is 10.1. The van der Waals surface area contributed by atoms with E-state index in [9.17, 15) is 4.79 Å². The van der Waals surface area contributed by atoms with Crippen molar-refractivity contribution in [2.24, 2.45) is 0 Å². The van der Waals surface area contributed by atoms with Crippen LogP contribution in [0.3, 0.4) is 0 Å². The van der Waals surface area contributed by atoms with E-state index in [-0.39, 0.29) is 5.91 Å². The average molecular weight is 447 g/mol. The first-order valence-electron chi connectivity index (χ1n) is 10.6. The monoisotopic (exact) mass is 446 g/mol. The van der Waals surface area contributed by atoms with E-state index in [2.05, 4.69) is 34.4 Å². The highest BCUT2D eigenvalue weighted by molar-refractivity contribution is 7.99. The van der Waals surface area contributed by atoms with Crippen LogP contribution >= 0.6 is 23.4 Å². The van der Waals surface area contributed by atoms with Crippen molar-refractivity contribution in [3.8, 4) is 0 Å². The van der Waals surface area contributed by atoms with Gasteiger partial charge in [0, 0.05) is 55.0 Å². The number of halogens is 1. The number of aromatic nitrogens is 2. The number of nitrogens with one attached hydrogen (secondary N) is 1. The summed E-state index contributed by atoms with van der Waals surface area (Å²) < 4.78 is 1.81. The molecular formula is C23H31ClN4OS. The molecule has 2 heterocycles. The Labute approximate surface area is 188 Å². The Kier molecular flexibility index (Phi) is 8.42. The lowest BCUT2D eigenvalue weighted by Crippen LogP contribution is -2.31. The summed E-state index contributed by atoms with van der Waals surface area (Å²) in [4.78, 5) is 14.9. The van der Waals surface area contributed by atoms with Crippen molar-refractivity contribution < 1.29 is 4.79 Å². The van der Waals surface area contributed by atoms with Crippen molar-refractivity contribution in [1.82, 2.24) is 14.7 Å². The van der Waals surface area contributed by atoms with Crippen LogP contribution in [-0.2, 0) is 17.9 Å². The highest BCUT2D eigenvalue weighted by atomic mass is 35.5. The third-order valence-corrected chi connectivity index (χ3v) is 6.63. The fourth-order valence-corrected chi connectivity index (χ4v) is 4.83. The molecule has 0 spiro atoms. The standard InChI is InChI=1S/C23H31ClN4OS/c1-4-5-10-28-23(24)20(18(3)26-28)7-9-22(29)25-21-8-6-19(15-17(21)2)16-27-11-13-30-14-12-27/h6-9,15H,4-5,10-14,16H2,1-3H3,(H,25,29). The van der Waals surface area contributed by atoms with Gasteiger partial charge in [-0.05, 0) is 43.5 Å². The minimum Gasteiger partial charge on any atom is -0.322 e. The van der Waals surface area contributed by atoms with Crippen LogP contribution in [-0.4, -0.2) is 45.2 Å². The summed E-state index contributed by atoms with van der Waals surface area (Å²) in [5.41, 5.74) is 4.83. The van der Waals surface area contributed by atoms with Gasteiger partial charge in [-0.3, -0.25) is 14.4 Å². The first-order chi connectivity index (χ1) is 14.5. The molecule has 5 nitrogen and oxygen atoms in total. The first-order valence-corrected chi connectivity index (χ1v) is 12.1. The summed E-state index contributed by atoms with van der Waals surface area (Å²) in [5, 5.41) is 8.04. The van der Waals surface area contributed by atoms with Crippen LogP contribution in [0.15, 0.2) is 24.3 Å². The maximum atomic E-state index is 12.5. The first kappa shape index (κ1) is 22.9. The van der Waals surface area contributed by atoms with Gasteiger partial charge in [0.05, 0.1) is 5.69 Å². The van der Waals surface area contributed by atoms with Gasteiger partial charge in [-0.1, -0.05) is 37.1 Å². The second kappa shape index (κ2) is 11.0. The summed E-state index contributed by atoms with van der Waals surface area (Å²) in [5.74, 6) is 2.25. The molecule has 0 saturated carbocycles.